The Morgan fingerprint density at radius 3 is 2.77 bits per heavy atom. The highest BCUT2D eigenvalue weighted by Gasteiger charge is 2.09. The largest absolute Gasteiger partial charge is 0.478 e. The van der Waals surface area contributed by atoms with E-state index in [0.717, 1.165) is 30.2 Å². The van der Waals surface area contributed by atoms with E-state index in [4.69, 9.17) is 4.74 Å². The highest BCUT2D eigenvalue weighted by Crippen LogP contribution is 2.19. The molecule has 0 aliphatic carbocycles. The van der Waals surface area contributed by atoms with Gasteiger partial charge in [-0.25, -0.2) is 4.98 Å². The van der Waals surface area contributed by atoms with Crippen molar-refractivity contribution in [2.45, 2.75) is 46.1 Å². The molecule has 0 fully saturated rings. The van der Waals surface area contributed by atoms with Crippen molar-refractivity contribution in [1.29, 1.82) is 0 Å². The third kappa shape index (κ3) is 4.98. The molecule has 0 aromatic carbocycles. The molecule has 0 spiro atoms. The predicted octanol–water partition coefficient (Wildman–Crippen LogP) is 3.79. The summed E-state index contributed by atoms with van der Waals surface area (Å²) < 4.78 is 5.72. The monoisotopic (exact) mass is 300 g/mol. The van der Waals surface area contributed by atoms with E-state index in [2.05, 4.69) is 41.0 Å². The first-order chi connectivity index (χ1) is 10.7. The molecule has 2 aromatic rings. The predicted molar refractivity (Wildman–Crippen MR) is 88.1 cm³/mol. The first kappa shape index (κ1) is 16.2. The Hall–Kier alpha value is -2.17. The van der Waals surface area contributed by atoms with Gasteiger partial charge in [-0.3, -0.25) is 4.98 Å². The van der Waals surface area contributed by atoms with Crippen molar-refractivity contribution in [3.8, 4) is 5.88 Å². The molecule has 5 nitrogen and oxygen atoms in total. The minimum Gasteiger partial charge on any atom is -0.478 e. The fraction of sp³-hybridized carbons (Fsp3) is 0.471. The van der Waals surface area contributed by atoms with Gasteiger partial charge in [0.05, 0.1) is 18.8 Å². The van der Waals surface area contributed by atoms with Gasteiger partial charge in [-0.1, -0.05) is 33.3 Å². The third-order valence-electron chi connectivity index (χ3n) is 3.16. The van der Waals surface area contributed by atoms with Crippen molar-refractivity contribution >= 4 is 5.82 Å². The fourth-order valence-corrected chi connectivity index (χ4v) is 1.87. The molecule has 0 atom stereocenters. The van der Waals surface area contributed by atoms with Crippen LogP contribution < -0.4 is 10.1 Å². The number of hydrogen-bond acceptors (Lipinski definition) is 5. The fourth-order valence-electron chi connectivity index (χ4n) is 1.87. The summed E-state index contributed by atoms with van der Waals surface area (Å²) in [5.41, 5.74) is 0.973. The molecule has 0 aliphatic heterocycles. The van der Waals surface area contributed by atoms with Crippen molar-refractivity contribution in [3.63, 3.8) is 0 Å². The standard InChI is InChI=1S/C17H24N4O/c1-4-5-10-22-16-11-15(20-17(21-16)13(2)3)19-12-14-8-6-7-9-18-14/h6-9,11,13H,4-5,10,12H2,1-3H3,(H,19,20,21). The second-order valence-corrected chi connectivity index (χ2v) is 5.48. The molecule has 0 bridgehead atoms. The van der Waals surface area contributed by atoms with Crippen molar-refractivity contribution in [2.24, 2.45) is 0 Å². The maximum absolute atomic E-state index is 5.72. The van der Waals surface area contributed by atoms with Gasteiger partial charge in [0.2, 0.25) is 5.88 Å². The Balaban J connectivity index is 2.08. The maximum atomic E-state index is 5.72. The molecule has 5 heteroatoms. The summed E-state index contributed by atoms with van der Waals surface area (Å²) in [7, 11) is 0. The topological polar surface area (TPSA) is 59.9 Å². The van der Waals surface area contributed by atoms with Gasteiger partial charge in [-0.05, 0) is 18.6 Å². The molecule has 22 heavy (non-hydrogen) atoms. The van der Waals surface area contributed by atoms with Gasteiger partial charge in [0.15, 0.2) is 0 Å². The van der Waals surface area contributed by atoms with Gasteiger partial charge < -0.3 is 10.1 Å². The Bertz CT molecular complexity index is 572. The first-order valence-corrected chi connectivity index (χ1v) is 7.84. The average Bonchev–Trinajstić information content (AvgIpc) is 2.54. The van der Waals surface area contributed by atoms with Crippen LogP contribution in [0.15, 0.2) is 30.5 Å². The highest BCUT2D eigenvalue weighted by molar-refractivity contribution is 5.39. The Morgan fingerprint density at radius 2 is 2.09 bits per heavy atom. The molecule has 0 saturated carbocycles. The SMILES string of the molecule is CCCCOc1cc(NCc2ccccn2)nc(C(C)C)n1. The van der Waals surface area contributed by atoms with Crippen molar-refractivity contribution in [2.75, 3.05) is 11.9 Å². The molecule has 2 heterocycles. The Morgan fingerprint density at radius 1 is 1.23 bits per heavy atom. The lowest BCUT2D eigenvalue weighted by atomic mass is 10.2. The number of aromatic nitrogens is 3. The van der Waals surface area contributed by atoms with Crippen molar-refractivity contribution < 1.29 is 4.74 Å². The van der Waals surface area contributed by atoms with Crippen LogP contribution in [0.25, 0.3) is 0 Å². The van der Waals surface area contributed by atoms with Gasteiger partial charge >= 0.3 is 0 Å². The number of hydrogen-bond donors (Lipinski definition) is 1. The lowest BCUT2D eigenvalue weighted by Gasteiger charge is -2.12. The number of ether oxygens (including phenoxy) is 1. The van der Waals surface area contributed by atoms with Crippen LogP contribution in [-0.4, -0.2) is 21.6 Å². The van der Waals surface area contributed by atoms with E-state index in [1.54, 1.807) is 6.20 Å². The van der Waals surface area contributed by atoms with Crippen LogP contribution in [0.2, 0.25) is 0 Å². The maximum Gasteiger partial charge on any atom is 0.218 e. The van der Waals surface area contributed by atoms with Gasteiger partial charge in [0, 0.05) is 18.2 Å². The lowest BCUT2D eigenvalue weighted by Crippen LogP contribution is -2.08. The molecule has 0 radical (unpaired) electrons. The number of nitrogens with zero attached hydrogens (tertiary/aromatic N) is 3. The molecular formula is C17H24N4O. The van der Waals surface area contributed by atoms with E-state index >= 15 is 0 Å². The molecular weight excluding hydrogens is 276 g/mol. The van der Waals surface area contributed by atoms with Crippen LogP contribution in [0.1, 0.15) is 51.0 Å². The average molecular weight is 300 g/mol. The summed E-state index contributed by atoms with van der Waals surface area (Å²) in [6, 6.07) is 7.72. The number of rotatable bonds is 8. The van der Waals surface area contributed by atoms with E-state index in [-0.39, 0.29) is 5.92 Å². The summed E-state index contributed by atoms with van der Waals surface area (Å²) in [5, 5.41) is 3.29. The second kappa shape index (κ2) is 8.32. The van der Waals surface area contributed by atoms with Crippen LogP contribution in [0.5, 0.6) is 5.88 Å². The molecule has 0 saturated heterocycles. The van der Waals surface area contributed by atoms with Crippen molar-refractivity contribution in [3.05, 3.63) is 42.0 Å². The minimum absolute atomic E-state index is 0.255. The number of pyridine rings is 1. The Kier molecular flexibility index (Phi) is 6.13. The molecule has 0 aliphatic rings. The molecule has 118 valence electrons. The van der Waals surface area contributed by atoms with Gasteiger partial charge in [-0.15, -0.1) is 0 Å². The van der Waals surface area contributed by atoms with E-state index in [1.807, 2.05) is 24.3 Å². The molecule has 2 aromatic heterocycles. The van der Waals surface area contributed by atoms with E-state index in [0.29, 0.717) is 19.0 Å². The Labute approximate surface area is 132 Å². The zero-order chi connectivity index (χ0) is 15.8. The van der Waals surface area contributed by atoms with Crippen molar-refractivity contribution in [1.82, 2.24) is 15.0 Å². The molecule has 1 N–H and O–H groups in total. The first-order valence-electron chi connectivity index (χ1n) is 7.84. The number of nitrogens with one attached hydrogen (secondary N) is 1. The number of unbranched alkanes of at least 4 members (excludes halogenated alkanes) is 1. The summed E-state index contributed by atoms with van der Waals surface area (Å²) >= 11 is 0. The normalized spacial score (nSPS) is 10.7. The van der Waals surface area contributed by atoms with Crippen LogP contribution in [0, 0.1) is 0 Å². The van der Waals surface area contributed by atoms with E-state index < -0.39 is 0 Å². The molecule has 0 unspecified atom stereocenters. The summed E-state index contributed by atoms with van der Waals surface area (Å²) in [5.74, 6) is 2.45. The van der Waals surface area contributed by atoms with E-state index in [9.17, 15) is 0 Å². The molecule has 2 rings (SSSR count). The minimum atomic E-state index is 0.255. The van der Waals surface area contributed by atoms with Crippen LogP contribution >= 0.6 is 0 Å². The zero-order valence-corrected chi connectivity index (χ0v) is 13.5. The van der Waals surface area contributed by atoms with E-state index in [1.165, 1.54) is 0 Å². The molecule has 0 amide bonds. The summed E-state index contributed by atoms with van der Waals surface area (Å²) in [6.45, 7) is 7.61. The summed E-state index contributed by atoms with van der Waals surface area (Å²) in [6.07, 6.45) is 3.92. The second-order valence-electron chi connectivity index (χ2n) is 5.48. The van der Waals surface area contributed by atoms with Crippen LogP contribution in [-0.2, 0) is 6.54 Å². The lowest BCUT2D eigenvalue weighted by molar-refractivity contribution is 0.296. The third-order valence-corrected chi connectivity index (χ3v) is 3.16. The zero-order valence-electron chi connectivity index (χ0n) is 13.5. The van der Waals surface area contributed by atoms with Gasteiger partial charge in [-0.2, -0.15) is 4.98 Å². The van der Waals surface area contributed by atoms with Gasteiger partial charge in [0.1, 0.15) is 11.6 Å². The quantitative estimate of drug-likeness (QED) is 0.752. The summed E-state index contributed by atoms with van der Waals surface area (Å²) in [4.78, 5) is 13.3. The van der Waals surface area contributed by atoms with Crippen LogP contribution in [0.4, 0.5) is 5.82 Å². The van der Waals surface area contributed by atoms with Gasteiger partial charge in [0.25, 0.3) is 0 Å². The van der Waals surface area contributed by atoms with Crippen LogP contribution in [0.3, 0.4) is 0 Å². The smallest absolute Gasteiger partial charge is 0.218 e. The number of anilines is 1. The highest BCUT2D eigenvalue weighted by atomic mass is 16.5.